The van der Waals surface area contributed by atoms with Gasteiger partial charge in [-0.1, -0.05) is 5.21 Å². The molecule has 0 bridgehead atoms. The molecule has 0 fully saturated rings. The van der Waals surface area contributed by atoms with Crippen LogP contribution in [-0.4, -0.2) is 32.4 Å². The van der Waals surface area contributed by atoms with Gasteiger partial charge >= 0.3 is 12.1 Å². The largest absolute Gasteiger partial charge is 0.461 e. The zero-order valence-corrected chi connectivity index (χ0v) is 11.6. The van der Waals surface area contributed by atoms with Gasteiger partial charge in [-0.05, 0) is 25.1 Å². The van der Waals surface area contributed by atoms with Crippen molar-refractivity contribution in [2.45, 2.75) is 13.1 Å². The number of halogens is 3. The third kappa shape index (κ3) is 2.41. The lowest BCUT2D eigenvalue weighted by molar-refractivity contribution is -0.137. The minimum atomic E-state index is -4.54. The molecule has 120 valence electrons. The van der Waals surface area contributed by atoms with Crippen molar-refractivity contribution in [1.29, 1.82) is 0 Å². The van der Waals surface area contributed by atoms with Crippen LogP contribution in [0.1, 0.15) is 23.0 Å². The van der Waals surface area contributed by atoms with Crippen LogP contribution < -0.4 is 5.56 Å². The van der Waals surface area contributed by atoms with Gasteiger partial charge in [0, 0.05) is 0 Å². The second-order valence-corrected chi connectivity index (χ2v) is 4.60. The van der Waals surface area contributed by atoms with Crippen LogP contribution in [-0.2, 0) is 10.9 Å². The summed E-state index contributed by atoms with van der Waals surface area (Å²) >= 11 is 0. The Hall–Kier alpha value is -2.91. The van der Waals surface area contributed by atoms with Crippen molar-refractivity contribution in [1.82, 2.24) is 19.8 Å². The summed E-state index contributed by atoms with van der Waals surface area (Å²) in [6.07, 6.45) is -4.54. The van der Waals surface area contributed by atoms with Crippen molar-refractivity contribution in [2.24, 2.45) is 0 Å². The molecule has 0 aliphatic heterocycles. The van der Waals surface area contributed by atoms with Gasteiger partial charge in [0.25, 0.3) is 5.56 Å². The molecule has 0 amide bonds. The molecule has 10 heteroatoms. The highest BCUT2D eigenvalue weighted by molar-refractivity contribution is 5.95. The molecule has 23 heavy (non-hydrogen) atoms. The van der Waals surface area contributed by atoms with Crippen molar-refractivity contribution >= 4 is 22.5 Å². The predicted octanol–water partition coefficient (Wildman–Crippen LogP) is 1.77. The number of benzene rings is 1. The van der Waals surface area contributed by atoms with Crippen LogP contribution in [0.15, 0.2) is 23.0 Å². The van der Waals surface area contributed by atoms with Crippen molar-refractivity contribution in [3.63, 3.8) is 0 Å². The highest BCUT2D eigenvalue weighted by Gasteiger charge is 2.31. The van der Waals surface area contributed by atoms with E-state index in [4.69, 9.17) is 4.74 Å². The summed E-state index contributed by atoms with van der Waals surface area (Å²) in [5, 5.41) is 7.26. The second-order valence-electron chi connectivity index (χ2n) is 4.60. The Morgan fingerprint density at radius 2 is 2.13 bits per heavy atom. The Morgan fingerprint density at radius 1 is 1.39 bits per heavy atom. The molecule has 0 spiro atoms. The second kappa shape index (κ2) is 5.07. The van der Waals surface area contributed by atoms with E-state index in [0.717, 1.165) is 22.7 Å². The van der Waals surface area contributed by atoms with E-state index in [9.17, 15) is 22.8 Å². The highest BCUT2D eigenvalue weighted by atomic mass is 19.4. The van der Waals surface area contributed by atoms with E-state index in [1.54, 1.807) is 6.92 Å². The molecule has 3 rings (SSSR count). The summed E-state index contributed by atoms with van der Waals surface area (Å²) in [4.78, 5) is 26.2. The lowest BCUT2D eigenvalue weighted by Gasteiger charge is -2.08. The molecule has 1 aromatic carbocycles. The first-order valence-electron chi connectivity index (χ1n) is 6.48. The number of rotatable bonds is 2. The van der Waals surface area contributed by atoms with Crippen LogP contribution in [0.4, 0.5) is 13.2 Å². The van der Waals surface area contributed by atoms with Gasteiger partial charge in [0.1, 0.15) is 0 Å². The molecule has 3 aromatic rings. The number of H-pyrrole nitrogens is 1. The maximum absolute atomic E-state index is 12.7. The average molecular weight is 326 g/mol. The van der Waals surface area contributed by atoms with Crippen LogP contribution >= 0.6 is 0 Å². The fourth-order valence-electron chi connectivity index (χ4n) is 2.17. The number of alkyl halides is 3. The first kappa shape index (κ1) is 15.0. The molecule has 0 radical (unpaired) electrons. The number of nitrogens with zero attached hydrogens (tertiary/aromatic N) is 3. The van der Waals surface area contributed by atoms with E-state index in [0.29, 0.717) is 0 Å². The lowest BCUT2D eigenvalue weighted by Crippen LogP contribution is -2.15. The van der Waals surface area contributed by atoms with Crippen LogP contribution in [0.5, 0.6) is 0 Å². The number of aromatic nitrogens is 4. The fraction of sp³-hybridized carbons (Fsp3) is 0.231. The molecule has 1 N–H and O–H groups in total. The van der Waals surface area contributed by atoms with Crippen LogP contribution in [0.3, 0.4) is 0 Å². The molecule has 0 aliphatic carbocycles. The van der Waals surface area contributed by atoms with Gasteiger partial charge in [-0.15, -0.1) is 5.10 Å². The van der Waals surface area contributed by atoms with E-state index in [1.807, 2.05) is 0 Å². The molecular weight excluding hydrogens is 317 g/mol. The van der Waals surface area contributed by atoms with E-state index in [-0.39, 0.29) is 28.9 Å². The van der Waals surface area contributed by atoms with Crippen molar-refractivity contribution in [3.05, 3.63) is 39.8 Å². The highest BCUT2D eigenvalue weighted by Crippen LogP contribution is 2.30. The number of nitrogens with one attached hydrogen (secondary N) is 1. The first-order valence-corrected chi connectivity index (χ1v) is 6.48. The summed E-state index contributed by atoms with van der Waals surface area (Å²) in [6.45, 7) is 1.67. The van der Waals surface area contributed by atoms with E-state index in [1.165, 1.54) is 0 Å². The molecule has 0 unspecified atom stereocenters. The fourth-order valence-corrected chi connectivity index (χ4v) is 2.17. The van der Waals surface area contributed by atoms with Crippen LogP contribution in [0, 0.1) is 0 Å². The third-order valence-electron chi connectivity index (χ3n) is 3.15. The van der Waals surface area contributed by atoms with Crippen LogP contribution in [0.2, 0.25) is 0 Å². The Bertz CT molecular complexity index is 974. The number of fused-ring (bicyclic) bond motifs is 3. The van der Waals surface area contributed by atoms with Crippen molar-refractivity contribution in [3.8, 4) is 0 Å². The summed E-state index contributed by atoms with van der Waals surface area (Å²) in [5.74, 6) is -0.834. The predicted molar refractivity (Wildman–Crippen MR) is 72.1 cm³/mol. The van der Waals surface area contributed by atoms with Gasteiger partial charge in [-0.2, -0.15) is 13.2 Å². The average Bonchev–Trinajstić information content (AvgIpc) is 2.92. The Balaban J connectivity index is 2.29. The van der Waals surface area contributed by atoms with Gasteiger partial charge in [-0.25, -0.2) is 9.31 Å². The van der Waals surface area contributed by atoms with Gasteiger partial charge < -0.3 is 9.72 Å². The SMILES string of the molecule is CCOC(=O)c1nnn2c1c(=O)[nH]c1cc(C(F)(F)F)ccc12. The van der Waals surface area contributed by atoms with Gasteiger partial charge in [0.05, 0.1) is 23.2 Å². The smallest absolute Gasteiger partial charge is 0.416 e. The topological polar surface area (TPSA) is 89.3 Å². The minimum Gasteiger partial charge on any atom is -0.461 e. The Kier molecular flexibility index (Phi) is 3.31. The zero-order valence-electron chi connectivity index (χ0n) is 11.6. The first-order chi connectivity index (χ1) is 10.8. The van der Waals surface area contributed by atoms with Gasteiger partial charge in [0.15, 0.2) is 5.52 Å². The molecule has 0 saturated carbocycles. The van der Waals surface area contributed by atoms with Crippen molar-refractivity contribution in [2.75, 3.05) is 6.61 Å². The van der Waals surface area contributed by atoms with Crippen LogP contribution in [0.25, 0.3) is 16.6 Å². The standard InChI is InChI=1S/C13H9F3N4O3/c1-2-23-12(22)9-10-11(21)17-7-5-6(13(14,15)16)3-4-8(7)20(10)19-18-9/h3-5H,2H2,1H3,(H,17,21). The molecule has 7 nitrogen and oxygen atoms in total. The number of hydrogen-bond acceptors (Lipinski definition) is 5. The Labute approximate surface area is 125 Å². The molecule has 2 heterocycles. The van der Waals surface area contributed by atoms with E-state index < -0.39 is 23.3 Å². The van der Waals surface area contributed by atoms with E-state index in [2.05, 4.69) is 15.3 Å². The lowest BCUT2D eigenvalue weighted by atomic mass is 10.2. The van der Waals surface area contributed by atoms with Gasteiger partial charge in [0.2, 0.25) is 5.69 Å². The Morgan fingerprint density at radius 3 is 2.78 bits per heavy atom. The number of aromatic amines is 1. The monoisotopic (exact) mass is 326 g/mol. The number of carbonyl (C=O) groups is 1. The number of esters is 1. The summed E-state index contributed by atoms with van der Waals surface area (Å²) in [5.41, 5.74) is -2.07. The molecule has 0 atom stereocenters. The minimum absolute atomic E-state index is 0.0716. The molecule has 0 aliphatic rings. The summed E-state index contributed by atoms with van der Waals surface area (Å²) in [7, 11) is 0. The molecule has 2 aromatic heterocycles. The van der Waals surface area contributed by atoms with E-state index >= 15 is 0 Å². The normalized spacial score (nSPS) is 12.0. The molecular formula is C13H9F3N4O3. The quantitative estimate of drug-likeness (QED) is 0.725. The maximum atomic E-state index is 12.7. The number of ether oxygens (including phenoxy) is 1. The van der Waals surface area contributed by atoms with Crippen molar-refractivity contribution < 1.29 is 22.7 Å². The van der Waals surface area contributed by atoms with Gasteiger partial charge in [-0.3, -0.25) is 4.79 Å². The molecule has 0 saturated heterocycles. The number of hydrogen-bond donors (Lipinski definition) is 1. The maximum Gasteiger partial charge on any atom is 0.416 e. The third-order valence-corrected chi connectivity index (χ3v) is 3.15. The summed E-state index contributed by atoms with van der Waals surface area (Å²) in [6, 6.07) is 2.79. The number of carbonyl (C=O) groups excluding carboxylic acids is 1. The summed E-state index contributed by atoms with van der Waals surface area (Å²) < 4.78 is 44.0. The zero-order chi connectivity index (χ0) is 16.8.